The molecule has 3 aromatic rings. The predicted octanol–water partition coefficient (Wildman–Crippen LogP) is 3.96. The Morgan fingerprint density at radius 3 is 2.65 bits per heavy atom. The molecule has 1 amide bonds. The number of carbonyl (C=O) groups is 1. The van der Waals surface area contributed by atoms with Gasteiger partial charge < -0.3 is 10.1 Å². The van der Waals surface area contributed by atoms with Gasteiger partial charge in [-0.2, -0.15) is 0 Å². The van der Waals surface area contributed by atoms with E-state index in [0.717, 1.165) is 28.0 Å². The number of hydrogen-bond acceptors (Lipinski definition) is 5. The first kappa shape index (κ1) is 16.8. The molecule has 5 nitrogen and oxygen atoms in total. The molecular weight excluding hydrogens is 370 g/mol. The van der Waals surface area contributed by atoms with Crippen molar-refractivity contribution in [1.82, 2.24) is 0 Å². The minimum atomic E-state index is -3.43. The molecule has 4 rings (SSSR count). The van der Waals surface area contributed by atoms with Gasteiger partial charge in [0.05, 0.1) is 15.5 Å². The zero-order valence-electron chi connectivity index (χ0n) is 13.9. The summed E-state index contributed by atoms with van der Waals surface area (Å²) < 4.78 is 29.5. The molecule has 0 saturated carbocycles. The van der Waals surface area contributed by atoms with Gasteiger partial charge in [0.25, 0.3) is 5.91 Å². The molecule has 0 saturated heterocycles. The van der Waals surface area contributed by atoms with E-state index >= 15 is 0 Å². The van der Waals surface area contributed by atoms with Crippen LogP contribution in [0.2, 0.25) is 0 Å². The van der Waals surface area contributed by atoms with Crippen molar-refractivity contribution in [2.45, 2.75) is 11.5 Å². The van der Waals surface area contributed by atoms with E-state index < -0.39 is 9.84 Å². The molecule has 0 fully saturated rings. The van der Waals surface area contributed by atoms with E-state index in [1.165, 1.54) is 17.4 Å². The van der Waals surface area contributed by atoms with Crippen molar-refractivity contribution in [3.63, 3.8) is 0 Å². The maximum absolute atomic E-state index is 12.7. The molecular formula is C19H15NO4S2. The Kier molecular flexibility index (Phi) is 4.05. The Morgan fingerprint density at radius 2 is 1.85 bits per heavy atom. The van der Waals surface area contributed by atoms with Gasteiger partial charge in [0.2, 0.25) is 0 Å². The molecule has 2 heterocycles. The molecule has 7 heteroatoms. The molecule has 2 aromatic carbocycles. The van der Waals surface area contributed by atoms with E-state index in [9.17, 15) is 13.2 Å². The van der Waals surface area contributed by atoms with Crippen LogP contribution in [0.15, 0.2) is 59.5 Å². The van der Waals surface area contributed by atoms with Gasteiger partial charge in [-0.3, -0.25) is 4.79 Å². The van der Waals surface area contributed by atoms with Crippen LogP contribution >= 0.6 is 11.3 Å². The number of fused-ring (bicyclic) bond motifs is 3. The lowest BCUT2D eigenvalue weighted by Crippen LogP contribution is -2.13. The number of anilines is 1. The largest absolute Gasteiger partial charge is 0.488 e. The molecule has 1 N–H and O–H groups in total. The van der Waals surface area contributed by atoms with Crippen LogP contribution < -0.4 is 10.1 Å². The van der Waals surface area contributed by atoms with Crippen LogP contribution in [0.25, 0.3) is 10.4 Å². The van der Waals surface area contributed by atoms with Gasteiger partial charge in [0.15, 0.2) is 9.84 Å². The second-order valence-electron chi connectivity index (χ2n) is 5.97. The monoisotopic (exact) mass is 385 g/mol. The number of benzene rings is 2. The summed E-state index contributed by atoms with van der Waals surface area (Å²) in [5.74, 6) is 0.467. The number of ether oxygens (including phenoxy) is 1. The molecule has 0 atom stereocenters. The second-order valence-corrected chi connectivity index (χ2v) is 9.01. The van der Waals surface area contributed by atoms with E-state index in [1.54, 1.807) is 24.3 Å². The molecule has 132 valence electrons. The standard InChI is InChI=1S/C19H15NO4S2/c1-26(22,23)17-9-5-3-7-14(17)20-19(21)16-10-12-11-24-15-8-4-2-6-13(15)18(12)25-16/h2-10H,11H2,1H3,(H,20,21). The van der Waals surface area contributed by atoms with E-state index in [0.29, 0.717) is 11.5 Å². The van der Waals surface area contributed by atoms with Gasteiger partial charge in [0, 0.05) is 22.3 Å². The number of carbonyl (C=O) groups excluding carboxylic acids is 1. The van der Waals surface area contributed by atoms with Crippen LogP contribution in [0.1, 0.15) is 15.2 Å². The molecule has 1 aliphatic heterocycles. The predicted molar refractivity (Wildman–Crippen MR) is 102 cm³/mol. The maximum Gasteiger partial charge on any atom is 0.265 e. The van der Waals surface area contributed by atoms with Crippen molar-refractivity contribution < 1.29 is 17.9 Å². The summed E-state index contributed by atoms with van der Waals surface area (Å²) in [6.07, 6.45) is 1.12. The maximum atomic E-state index is 12.7. The molecule has 0 aliphatic carbocycles. The van der Waals surface area contributed by atoms with Gasteiger partial charge >= 0.3 is 0 Å². The van der Waals surface area contributed by atoms with Crippen LogP contribution in [0.4, 0.5) is 5.69 Å². The van der Waals surface area contributed by atoms with Crippen LogP contribution in [0.3, 0.4) is 0 Å². The Labute approximate surface area is 155 Å². The first-order valence-electron chi connectivity index (χ1n) is 7.89. The molecule has 26 heavy (non-hydrogen) atoms. The van der Waals surface area contributed by atoms with Crippen molar-refractivity contribution in [2.75, 3.05) is 11.6 Å². The fourth-order valence-electron chi connectivity index (χ4n) is 2.89. The summed E-state index contributed by atoms with van der Waals surface area (Å²) in [7, 11) is -3.43. The number of nitrogens with one attached hydrogen (secondary N) is 1. The first-order chi connectivity index (χ1) is 12.4. The summed E-state index contributed by atoms with van der Waals surface area (Å²) in [4.78, 5) is 14.3. The molecule has 1 aromatic heterocycles. The molecule has 1 aliphatic rings. The van der Waals surface area contributed by atoms with Crippen LogP contribution in [0, 0.1) is 0 Å². The van der Waals surface area contributed by atoms with E-state index in [-0.39, 0.29) is 16.5 Å². The van der Waals surface area contributed by atoms with Gasteiger partial charge in [-0.1, -0.05) is 24.3 Å². The van der Waals surface area contributed by atoms with E-state index in [1.807, 2.05) is 24.3 Å². The Hall–Kier alpha value is -2.64. The minimum absolute atomic E-state index is 0.100. The SMILES string of the molecule is CS(=O)(=O)c1ccccc1NC(=O)c1cc2c(s1)-c1ccccc1OC2. The summed E-state index contributed by atoms with van der Waals surface area (Å²) in [5, 5.41) is 2.72. The average molecular weight is 385 g/mol. The number of hydrogen-bond donors (Lipinski definition) is 1. The first-order valence-corrected chi connectivity index (χ1v) is 10.6. The third-order valence-corrected chi connectivity index (χ3v) is 6.45. The van der Waals surface area contributed by atoms with Gasteiger partial charge in [-0.15, -0.1) is 11.3 Å². The fraction of sp³-hybridized carbons (Fsp3) is 0.105. The molecule has 0 radical (unpaired) electrons. The number of sulfone groups is 1. The quantitative estimate of drug-likeness (QED) is 0.741. The van der Waals surface area contributed by atoms with Crippen molar-refractivity contribution >= 4 is 32.8 Å². The average Bonchev–Trinajstić information content (AvgIpc) is 3.06. The molecule has 0 unspecified atom stereocenters. The van der Waals surface area contributed by atoms with Crippen LogP contribution in [-0.2, 0) is 16.4 Å². The minimum Gasteiger partial charge on any atom is -0.488 e. The fourth-order valence-corrected chi connectivity index (χ4v) is 4.83. The van der Waals surface area contributed by atoms with Gasteiger partial charge in [-0.25, -0.2) is 8.42 Å². The van der Waals surface area contributed by atoms with E-state index in [4.69, 9.17) is 4.74 Å². The van der Waals surface area contributed by atoms with Crippen molar-refractivity contribution in [3.05, 3.63) is 65.0 Å². The third kappa shape index (κ3) is 3.00. The zero-order valence-corrected chi connectivity index (χ0v) is 15.5. The highest BCUT2D eigenvalue weighted by molar-refractivity contribution is 7.90. The molecule has 0 bridgehead atoms. The zero-order chi connectivity index (χ0) is 18.3. The Morgan fingerprint density at radius 1 is 1.12 bits per heavy atom. The summed E-state index contributed by atoms with van der Waals surface area (Å²) in [6.45, 7) is 0.413. The highest BCUT2D eigenvalue weighted by Crippen LogP contribution is 2.42. The third-order valence-electron chi connectivity index (χ3n) is 4.08. The van der Waals surface area contributed by atoms with Gasteiger partial charge in [-0.05, 0) is 30.3 Å². The van der Waals surface area contributed by atoms with Crippen LogP contribution in [-0.4, -0.2) is 20.6 Å². The molecule has 0 spiro atoms. The second kappa shape index (κ2) is 6.26. The number of thiophene rings is 1. The number of rotatable bonds is 3. The van der Waals surface area contributed by atoms with Gasteiger partial charge in [0.1, 0.15) is 12.4 Å². The summed E-state index contributed by atoms with van der Waals surface area (Å²) in [5.41, 5.74) is 2.20. The smallest absolute Gasteiger partial charge is 0.265 e. The van der Waals surface area contributed by atoms with Crippen LogP contribution in [0.5, 0.6) is 5.75 Å². The highest BCUT2D eigenvalue weighted by atomic mass is 32.2. The Balaban J connectivity index is 1.67. The lowest BCUT2D eigenvalue weighted by atomic mass is 10.1. The highest BCUT2D eigenvalue weighted by Gasteiger charge is 2.23. The normalized spacial score (nSPS) is 12.7. The number of para-hydroxylation sites is 2. The summed E-state index contributed by atoms with van der Waals surface area (Å²) >= 11 is 1.38. The lowest BCUT2D eigenvalue weighted by molar-refractivity contribution is 0.103. The topological polar surface area (TPSA) is 72.5 Å². The Bertz CT molecular complexity index is 1120. The van der Waals surface area contributed by atoms with Crippen molar-refractivity contribution in [1.29, 1.82) is 0 Å². The number of amides is 1. The summed E-state index contributed by atoms with van der Waals surface area (Å²) in [6, 6.07) is 15.9. The van der Waals surface area contributed by atoms with Crippen molar-refractivity contribution in [3.8, 4) is 16.2 Å². The van der Waals surface area contributed by atoms with E-state index in [2.05, 4.69) is 5.32 Å². The lowest BCUT2D eigenvalue weighted by Gasteiger charge is -2.16. The van der Waals surface area contributed by atoms with Crippen molar-refractivity contribution in [2.24, 2.45) is 0 Å².